The van der Waals surface area contributed by atoms with Gasteiger partial charge in [-0.05, 0) is 38.0 Å². The second kappa shape index (κ2) is 6.95. The summed E-state index contributed by atoms with van der Waals surface area (Å²) >= 11 is 3.38. The Bertz CT molecular complexity index is 481. The Labute approximate surface area is 127 Å². The van der Waals surface area contributed by atoms with Crippen LogP contribution in [0.3, 0.4) is 0 Å². The number of hydrogen-bond donors (Lipinski definition) is 2. The number of halogens is 1. The van der Waals surface area contributed by atoms with Crippen molar-refractivity contribution in [1.29, 1.82) is 0 Å². The lowest BCUT2D eigenvalue weighted by Crippen LogP contribution is -2.43. The first-order valence-corrected chi connectivity index (χ1v) is 7.40. The summed E-state index contributed by atoms with van der Waals surface area (Å²) in [6, 6.07) is 5.40. The number of ether oxygens (including phenoxy) is 2. The number of amides is 2. The van der Waals surface area contributed by atoms with Crippen LogP contribution < -0.4 is 15.4 Å². The molecular weight excluding hydrogens is 324 g/mol. The number of hydrogen-bond acceptors (Lipinski definition) is 3. The first-order valence-electron chi connectivity index (χ1n) is 6.61. The highest BCUT2D eigenvalue weighted by molar-refractivity contribution is 9.10. The van der Waals surface area contributed by atoms with Crippen molar-refractivity contribution in [3.8, 4) is 5.75 Å². The smallest absolute Gasteiger partial charge is 0.319 e. The number of rotatable bonds is 3. The van der Waals surface area contributed by atoms with E-state index in [4.69, 9.17) is 9.47 Å². The Kier molecular flexibility index (Phi) is 5.25. The van der Waals surface area contributed by atoms with Gasteiger partial charge in [0.15, 0.2) is 0 Å². The zero-order valence-corrected chi connectivity index (χ0v) is 13.2. The van der Waals surface area contributed by atoms with E-state index in [9.17, 15) is 4.79 Å². The van der Waals surface area contributed by atoms with E-state index in [-0.39, 0.29) is 18.2 Å². The first kappa shape index (κ1) is 15.1. The maximum Gasteiger partial charge on any atom is 0.319 e. The van der Waals surface area contributed by atoms with Crippen LogP contribution in [0.5, 0.6) is 5.75 Å². The predicted octanol–water partition coefficient (Wildman–Crippen LogP) is 3.15. The van der Waals surface area contributed by atoms with Crippen LogP contribution in [0, 0.1) is 0 Å². The third kappa shape index (κ3) is 4.11. The van der Waals surface area contributed by atoms with Gasteiger partial charge < -0.3 is 20.1 Å². The number of benzene rings is 1. The zero-order valence-electron chi connectivity index (χ0n) is 11.6. The molecule has 0 aromatic heterocycles. The molecule has 20 heavy (non-hydrogen) atoms. The van der Waals surface area contributed by atoms with Crippen LogP contribution in [-0.2, 0) is 4.74 Å². The Morgan fingerprint density at radius 3 is 3.00 bits per heavy atom. The number of carbonyl (C=O) groups is 1. The molecule has 2 rings (SSSR count). The molecule has 0 spiro atoms. The SMILES string of the molecule is COc1ccc(Br)cc1NC(=O)N[C@@H]1CCO[C@@H](C)C1. The highest BCUT2D eigenvalue weighted by atomic mass is 79.9. The summed E-state index contributed by atoms with van der Waals surface area (Å²) in [4.78, 5) is 12.0. The minimum atomic E-state index is -0.222. The third-order valence-corrected chi connectivity index (χ3v) is 3.72. The van der Waals surface area contributed by atoms with E-state index in [2.05, 4.69) is 26.6 Å². The molecule has 2 atom stereocenters. The maximum atomic E-state index is 12.0. The van der Waals surface area contributed by atoms with E-state index >= 15 is 0 Å². The second-order valence-corrected chi connectivity index (χ2v) is 5.76. The van der Waals surface area contributed by atoms with Gasteiger partial charge in [-0.3, -0.25) is 0 Å². The molecule has 2 amide bonds. The van der Waals surface area contributed by atoms with Crippen LogP contribution in [0.25, 0.3) is 0 Å². The van der Waals surface area contributed by atoms with Crippen molar-refractivity contribution in [3.63, 3.8) is 0 Å². The van der Waals surface area contributed by atoms with Gasteiger partial charge in [-0.15, -0.1) is 0 Å². The average molecular weight is 343 g/mol. The molecule has 1 fully saturated rings. The minimum absolute atomic E-state index is 0.150. The number of nitrogens with one attached hydrogen (secondary N) is 2. The molecule has 0 radical (unpaired) electrons. The van der Waals surface area contributed by atoms with E-state index in [1.54, 1.807) is 13.2 Å². The normalized spacial score (nSPS) is 22.1. The lowest BCUT2D eigenvalue weighted by molar-refractivity contribution is 0.0157. The van der Waals surface area contributed by atoms with Gasteiger partial charge in [0.25, 0.3) is 0 Å². The Hall–Kier alpha value is -1.27. The fraction of sp³-hybridized carbons (Fsp3) is 0.500. The standard InChI is InChI=1S/C14H19BrN2O3/c1-9-7-11(5-6-20-9)16-14(18)17-12-8-10(15)3-4-13(12)19-2/h3-4,8-9,11H,5-7H2,1-2H3,(H2,16,17,18)/t9-,11+/m0/s1. The van der Waals surface area contributed by atoms with Gasteiger partial charge in [0.1, 0.15) is 5.75 Å². The number of methoxy groups -OCH3 is 1. The van der Waals surface area contributed by atoms with Crippen LogP contribution in [0.15, 0.2) is 22.7 Å². The van der Waals surface area contributed by atoms with Crippen molar-refractivity contribution in [1.82, 2.24) is 5.32 Å². The van der Waals surface area contributed by atoms with E-state index in [0.29, 0.717) is 18.0 Å². The van der Waals surface area contributed by atoms with Crippen molar-refractivity contribution < 1.29 is 14.3 Å². The lowest BCUT2D eigenvalue weighted by atomic mass is 10.0. The van der Waals surface area contributed by atoms with Crippen LogP contribution in [0.4, 0.5) is 10.5 Å². The summed E-state index contributed by atoms with van der Waals surface area (Å²) in [5.41, 5.74) is 0.638. The van der Waals surface area contributed by atoms with Crippen molar-refractivity contribution in [2.45, 2.75) is 31.9 Å². The summed E-state index contributed by atoms with van der Waals surface area (Å²) in [7, 11) is 1.58. The fourth-order valence-corrected chi connectivity index (χ4v) is 2.61. The summed E-state index contributed by atoms with van der Waals surface area (Å²) in [5, 5.41) is 5.79. The molecule has 0 aliphatic carbocycles. The predicted molar refractivity (Wildman–Crippen MR) is 81.3 cm³/mol. The minimum Gasteiger partial charge on any atom is -0.495 e. The van der Waals surface area contributed by atoms with Gasteiger partial charge in [0.2, 0.25) is 0 Å². The quantitative estimate of drug-likeness (QED) is 0.886. The molecule has 1 heterocycles. The van der Waals surface area contributed by atoms with Gasteiger partial charge in [-0.25, -0.2) is 4.79 Å². The van der Waals surface area contributed by atoms with Gasteiger partial charge in [-0.1, -0.05) is 15.9 Å². The summed E-state index contributed by atoms with van der Waals surface area (Å²) < 4.78 is 11.6. The van der Waals surface area contributed by atoms with Gasteiger partial charge in [0, 0.05) is 17.1 Å². The van der Waals surface area contributed by atoms with E-state index in [1.165, 1.54) is 0 Å². The third-order valence-electron chi connectivity index (χ3n) is 3.23. The lowest BCUT2D eigenvalue weighted by Gasteiger charge is -2.28. The Morgan fingerprint density at radius 1 is 1.50 bits per heavy atom. The molecule has 5 nitrogen and oxygen atoms in total. The molecule has 1 aromatic carbocycles. The topological polar surface area (TPSA) is 59.6 Å². The molecule has 1 aliphatic rings. The van der Waals surface area contributed by atoms with E-state index < -0.39 is 0 Å². The maximum absolute atomic E-state index is 12.0. The van der Waals surface area contributed by atoms with Crippen molar-refractivity contribution in [2.24, 2.45) is 0 Å². The number of anilines is 1. The van der Waals surface area contributed by atoms with Crippen LogP contribution in [0.1, 0.15) is 19.8 Å². The highest BCUT2D eigenvalue weighted by Crippen LogP contribution is 2.27. The molecule has 6 heteroatoms. The van der Waals surface area contributed by atoms with Crippen LogP contribution in [0.2, 0.25) is 0 Å². The zero-order chi connectivity index (χ0) is 14.5. The molecule has 0 unspecified atom stereocenters. The van der Waals surface area contributed by atoms with Crippen molar-refractivity contribution in [2.75, 3.05) is 19.0 Å². The van der Waals surface area contributed by atoms with Crippen LogP contribution in [-0.4, -0.2) is 31.9 Å². The Balaban J connectivity index is 1.95. The summed E-state index contributed by atoms with van der Waals surface area (Å²) in [5.74, 6) is 0.628. The van der Waals surface area contributed by atoms with Gasteiger partial charge in [-0.2, -0.15) is 0 Å². The number of carbonyl (C=O) groups excluding carboxylic acids is 1. The summed E-state index contributed by atoms with van der Waals surface area (Å²) in [6.45, 7) is 2.70. The Morgan fingerprint density at radius 2 is 2.30 bits per heavy atom. The van der Waals surface area contributed by atoms with Crippen molar-refractivity contribution >= 4 is 27.6 Å². The second-order valence-electron chi connectivity index (χ2n) is 4.85. The van der Waals surface area contributed by atoms with Gasteiger partial charge >= 0.3 is 6.03 Å². The fourth-order valence-electron chi connectivity index (χ4n) is 2.25. The molecule has 1 aliphatic heterocycles. The van der Waals surface area contributed by atoms with E-state index in [0.717, 1.165) is 17.3 Å². The monoisotopic (exact) mass is 342 g/mol. The average Bonchev–Trinajstić information content (AvgIpc) is 2.38. The highest BCUT2D eigenvalue weighted by Gasteiger charge is 2.21. The van der Waals surface area contributed by atoms with Crippen LogP contribution >= 0.6 is 15.9 Å². The molecule has 110 valence electrons. The molecular formula is C14H19BrN2O3. The van der Waals surface area contributed by atoms with Crippen molar-refractivity contribution in [3.05, 3.63) is 22.7 Å². The van der Waals surface area contributed by atoms with Gasteiger partial charge in [0.05, 0.1) is 18.9 Å². The first-order chi connectivity index (χ1) is 9.58. The largest absolute Gasteiger partial charge is 0.495 e. The molecule has 2 N–H and O–H groups in total. The molecule has 0 saturated carbocycles. The van der Waals surface area contributed by atoms with E-state index in [1.807, 2.05) is 19.1 Å². The molecule has 1 saturated heterocycles. The summed E-state index contributed by atoms with van der Waals surface area (Å²) in [6.07, 6.45) is 1.87. The number of urea groups is 1. The molecule has 1 aromatic rings. The molecule has 0 bridgehead atoms.